The van der Waals surface area contributed by atoms with Crippen molar-refractivity contribution in [2.45, 2.75) is 45.3 Å². The van der Waals surface area contributed by atoms with Crippen molar-refractivity contribution < 1.29 is 18.3 Å². The van der Waals surface area contributed by atoms with Crippen LogP contribution in [0.1, 0.15) is 32.4 Å². The van der Waals surface area contributed by atoms with Crippen LogP contribution in [-0.4, -0.2) is 44.9 Å². The van der Waals surface area contributed by atoms with Gasteiger partial charge in [0.25, 0.3) is 0 Å². The maximum atomic E-state index is 12.8. The number of anilines is 3. The fourth-order valence-corrected chi connectivity index (χ4v) is 5.45. The lowest BCUT2D eigenvalue weighted by Gasteiger charge is -2.34. The molecular formula is C22H27F3N6OS. The molecule has 1 saturated carbocycles. The number of nitrogen functional groups attached to an aromatic ring is 1. The van der Waals surface area contributed by atoms with E-state index < -0.39 is 18.3 Å². The molecule has 0 amide bonds. The van der Waals surface area contributed by atoms with Crippen molar-refractivity contribution in [3.05, 3.63) is 23.9 Å². The predicted octanol–water partition coefficient (Wildman–Crippen LogP) is 4.83. The van der Waals surface area contributed by atoms with Gasteiger partial charge in [-0.25, -0.2) is 9.97 Å². The van der Waals surface area contributed by atoms with Gasteiger partial charge in [0.05, 0.1) is 21.5 Å². The molecule has 178 valence electrons. The molecule has 1 aliphatic carbocycles. The van der Waals surface area contributed by atoms with Crippen LogP contribution in [-0.2, 0) is 0 Å². The molecule has 3 aromatic rings. The monoisotopic (exact) mass is 480 g/mol. The van der Waals surface area contributed by atoms with Crippen LogP contribution in [0.2, 0.25) is 0 Å². The van der Waals surface area contributed by atoms with Gasteiger partial charge in [-0.15, -0.1) is 11.3 Å². The van der Waals surface area contributed by atoms with Crippen LogP contribution in [0.3, 0.4) is 0 Å². The number of hydrogen-bond acceptors (Lipinski definition) is 8. The van der Waals surface area contributed by atoms with Crippen LogP contribution in [0, 0.1) is 18.8 Å². The van der Waals surface area contributed by atoms with Crippen molar-refractivity contribution in [1.82, 2.24) is 15.0 Å². The fraction of sp³-hybridized carbons (Fsp3) is 0.500. The van der Waals surface area contributed by atoms with Crippen molar-refractivity contribution in [1.29, 1.82) is 0 Å². The zero-order chi connectivity index (χ0) is 24.0. The smallest absolute Gasteiger partial charge is 0.399 e. The average Bonchev–Trinajstić information content (AvgIpc) is 3.26. The highest BCUT2D eigenvalue weighted by atomic mass is 32.1. The number of fused-ring (bicyclic) bond motifs is 1. The Morgan fingerprint density at radius 1 is 1.27 bits per heavy atom. The average molecular weight is 481 g/mol. The van der Waals surface area contributed by atoms with Crippen molar-refractivity contribution in [3.63, 3.8) is 0 Å². The third-order valence-corrected chi connectivity index (χ3v) is 7.60. The summed E-state index contributed by atoms with van der Waals surface area (Å²) in [5, 5.41) is 16.2. The summed E-state index contributed by atoms with van der Waals surface area (Å²) in [4.78, 5) is 13.4. The second-order valence-electron chi connectivity index (χ2n) is 8.88. The first-order valence-corrected chi connectivity index (χ1v) is 11.6. The second-order valence-corrected chi connectivity index (χ2v) is 9.91. The molecule has 2 heterocycles. The van der Waals surface area contributed by atoms with Gasteiger partial charge in [-0.1, -0.05) is 6.92 Å². The molecule has 0 radical (unpaired) electrons. The van der Waals surface area contributed by atoms with E-state index in [4.69, 9.17) is 10.7 Å². The Labute approximate surface area is 193 Å². The summed E-state index contributed by atoms with van der Waals surface area (Å²) in [5.74, 6) is 0.594. The van der Waals surface area contributed by atoms with Crippen LogP contribution in [0.4, 0.5) is 30.6 Å². The quantitative estimate of drug-likeness (QED) is 0.374. The molecule has 5 N–H and O–H groups in total. The van der Waals surface area contributed by atoms with Gasteiger partial charge >= 0.3 is 6.18 Å². The minimum Gasteiger partial charge on any atom is -0.399 e. The topological polar surface area (TPSA) is 109 Å². The molecule has 1 fully saturated rings. The summed E-state index contributed by atoms with van der Waals surface area (Å²) in [6.07, 6.45) is -2.75. The molecule has 1 aromatic carbocycles. The SMILES string of the molecule is Cc1nc(NCC(F)(F)F)nc(N[C@@]2(C)CC[C@H](CO)[C@H]2C)c1-c1nc2cc(N)ccc2s1. The number of hydrogen-bond donors (Lipinski definition) is 4. The molecular weight excluding hydrogens is 453 g/mol. The molecule has 0 saturated heterocycles. The third-order valence-electron chi connectivity index (χ3n) is 6.55. The van der Waals surface area contributed by atoms with Gasteiger partial charge in [0.2, 0.25) is 5.95 Å². The largest absolute Gasteiger partial charge is 0.405 e. The lowest BCUT2D eigenvalue weighted by molar-refractivity contribution is -0.115. The summed E-state index contributed by atoms with van der Waals surface area (Å²) in [6, 6.07) is 5.47. The van der Waals surface area contributed by atoms with Crippen LogP contribution >= 0.6 is 11.3 Å². The number of thiazole rings is 1. The Bertz CT molecular complexity index is 1170. The standard InChI is InChI=1S/C22H27F3N6OS/c1-11-13(9-32)6-7-21(11,3)31-18-17(12(2)28-20(30-18)27-10-22(23,24)25)19-29-15-8-14(26)4-5-16(15)33-19/h4-5,8,11,13,32H,6-7,9-10,26H2,1-3H3,(H2,27,28,30,31)/t11-,13-,21+/m1/s1. The van der Waals surface area contributed by atoms with E-state index in [9.17, 15) is 18.3 Å². The molecule has 3 atom stereocenters. The van der Waals surface area contributed by atoms with E-state index in [-0.39, 0.29) is 24.4 Å². The Balaban J connectivity index is 1.79. The number of nitrogens with one attached hydrogen (secondary N) is 2. The van der Waals surface area contributed by atoms with Gasteiger partial charge in [-0.3, -0.25) is 0 Å². The number of halogens is 3. The zero-order valence-electron chi connectivity index (χ0n) is 18.6. The first-order valence-electron chi connectivity index (χ1n) is 10.7. The fourth-order valence-electron chi connectivity index (χ4n) is 4.41. The summed E-state index contributed by atoms with van der Waals surface area (Å²) in [6.45, 7) is 4.71. The number of aromatic nitrogens is 3. The van der Waals surface area contributed by atoms with Gasteiger partial charge in [0, 0.05) is 17.8 Å². The first-order chi connectivity index (χ1) is 15.5. The van der Waals surface area contributed by atoms with Crippen molar-refractivity contribution in [3.8, 4) is 10.6 Å². The molecule has 0 spiro atoms. The Kier molecular flexibility index (Phi) is 6.12. The van der Waals surface area contributed by atoms with E-state index in [0.717, 1.165) is 23.1 Å². The predicted molar refractivity (Wildman–Crippen MR) is 125 cm³/mol. The van der Waals surface area contributed by atoms with Crippen LogP contribution < -0.4 is 16.4 Å². The number of aliphatic hydroxyl groups excluding tert-OH is 1. The molecule has 2 aromatic heterocycles. The lowest BCUT2D eigenvalue weighted by Crippen LogP contribution is -2.40. The number of rotatable bonds is 6. The van der Waals surface area contributed by atoms with E-state index in [0.29, 0.717) is 27.8 Å². The van der Waals surface area contributed by atoms with Gasteiger partial charge in [-0.2, -0.15) is 18.2 Å². The third kappa shape index (κ3) is 4.84. The van der Waals surface area contributed by atoms with Crippen molar-refractivity contribution >= 4 is 39.0 Å². The first kappa shape index (κ1) is 23.5. The van der Waals surface area contributed by atoms with E-state index in [1.54, 1.807) is 19.1 Å². The maximum absolute atomic E-state index is 12.8. The Morgan fingerprint density at radius 2 is 2.03 bits per heavy atom. The highest BCUT2D eigenvalue weighted by Crippen LogP contribution is 2.44. The molecule has 4 rings (SSSR count). The van der Waals surface area contributed by atoms with Crippen molar-refractivity contribution in [2.24, 2.45) is 11.8 Å². The van der Waals surface area contributed by atoms with Crippen LogP contribution in [0.15, 0.2) is 18.2 Å². The Morgan fingerprint density at radius 3 is 2.70 bits per heavy atom. The van der Waals surface area contributed by atoms with Gasteiger partial charge < -0.3 is 21.5 Å². The lowest BCUT2D eigenvalue weighted by atomic mass is 9.86. The molecule has 1 aliphatic rings. The van der Waals surface area contributed by atoms with Gasteiger partial charge in [-0.05, 0) is 56.7 Å². The molecule has 7 nitrogen and oxygen atoms in total. The number of benzene rings is 1. The summed E-state index contributed by atoms with van der Waals surface area (Å²) in [7, 11) is 0. The molecule has 11 heteroatoms. The molecule has 0 unspecified atom stereocenters. The summed E-state index contributed by atoms with van der Waals surface area (Å²) in [5.41, 5.74) is 7.99. The number of nitrogens with zero attached hydrogens (tertiary/aromatic N) is 3. The normalized spacial score (nSPS) is 23.2. The molecule has 0 aliphatic heterocycles. The van der Waals surface area contributed by atoms with Crippen LogP contribution in [0.25, 0.3) is 20.8 Å². The molecule has 0 bridgehead atoms. The van der Waals surface area contributed by atoms with Crippen molar-refractivity contribution in [2.75, 3.05) is 29.5 Å². The van der Waals surface area contributed by atoms with Gasteiger partial charge in [0.15, 0.2) is 0 Å². The maximum Gasteiger partial charge on any atom is 0.405 e. The number of alkyl halides is 3. The second kappa shape index (κ2) is 8.60. The highest BCUT2D eigenvalue weighted by molar-refractivity contribution is 7.21. The van der Waals surface area contributed by atoms with E-state index in [1.807, 2.05) is 6.07 Å². The number of nitrogens with two attached hydrogens (primary N) is 1. The summed E-state index contributed by atoms with van der Waals surface area (Å²) < 4.78 is 39.3. The van der Waals surface area contributed by atoms with Crippen LogP contribution in [0.5, 0.6) is 0 Å². The minimum absolute atomic E-state index is 0.0891. The highest BCUT2D eigenvalue weighted by Gasteiger charge is 2.43. The number of aryl methyl sites for hydroxylation is 1. The Hall–Kier alpha value is -2.66. The minimum atomic E-state index is -4.39. The van der Waals surface area contributed by atoms with E-state index >= 15 is 0 Å². The van der Waals surface area contributed by atoms with E-state index in [1.165, 1.54) is 11.3 Å². The van der Waals surface area contributed by atoms with Gasteiger partial charge in [0.1, 0.15) is 17.4 Å². The number of aliphatic hydroxyl groups is 1. The molecule has 33 heavy (non-hydrogen) atoms. The van der Waals surface area contributed by atoms with E-state index in [2.05, 4.69) is 34.4 Å². The zero-order valence-corrected chi connectivity index (χ0v) is 19.4. The summed E-state index contributed by atoms with van der Waals surface area (Å²) >= 11 is 1.45.